The van der Waals surface area contributed by atoms with E-state index in [1.165, 1.54) is 25.7 Å². The Morgan fingerprint density at radius 1 is 1.19 bits per heavy atom. The van der Waals surface area contributed by atoms with Gasteiger partial charge in [-0.05, 0) is 43.6 Å². The maximum Gasteiger partial charge on any atom is 0.222 e. The molecule has 1 saturated carbocycles. The van der Waals surface area contributed by atoms with Crippen LogP contribution < -0.4 is 5.32 Å². The summed E-state index contributed by atoms with van der Waals surface area (Å²) in [5, 5.41) is 3.42. The van der Waals surface area contributed by atoms with Crippen molar-refractivity contribution < 1.29 is 0 Å². The standard InChI is InChI=1S/C13H21N3/c1-10-8-14-12(15-9-10)16-11-4-6-13(2,3)7-5-11/h8-9,11H,4-7H2,1-3H3,(H,14,15,16). The Bertz CT molecular complexity index is 333. The second-order valence-corrected chi connectivity index (χ2v) is 5.67. The molecule has 1 aromatic heterocycles. The van der Waals surface area contributed by atoms with Crippen LogP contribution in [0.1, 0.15) is 45.1 Å². The van der Waals surface area contributed by atoms with Gasteiger partial charge in [0.1, 0.15) is 0 Å². The highest BCUT2D eigenvalue weighted by molar-refractivity contribution is 5.26. The van der Waals surface area contributed by atoms with E-state index in [9.17, 15) is 0 Å². The fourth-order valence-electron chi connectivity index (χ4n) is 2.19. The molecule has 16 heavy (non-hydrogen) atoms. The smallest absolute Gasteiger partial charge is 0.222 e. The molecule has 0 amide bonds. The number of aromatic nitrogens is 2. The van der Waals surface area contributed by atoms with E-state index in [2.05, 4.69) is 29.1 Å². The van der Waals surface area contributed by atoms with Gasteiger partial charge in [0.15, 0.2) is 0 Å². The average molecular weight is 219 g/mol. The van der Waals surface area contributed by atoms with Crippen molar-refractivity contribution in [2.75, 3.05) is 5.32 Å². The summed E-state index contributed by atoms with van der Waals surface area (Å²) in [6.07, 6.45) is 8.76. The molecule has 2 rings (SSSR count). The summed E-state index contributed by atoms with van der Waals surface area (Å²) in [5.41, 5.74) is 1.63. The minimum Gasteiger partial charge on any atom is -0.351 e. The van der Waals surface area contributed by atoms with E-state index >= 15 is 0 Å². The molecule has 3 heteroatoms. The third-order valence-electron chi connectivity index (χ3n) is 3.45. The molecule has 1 aliphatic carbocycles. The summed E-state index contributed by atoms with van der Waals surface area (Å²) in [6, 6.07) is 0.552. The van der Waals surface area contributed by atoms with Crippen LogP contribution in [0.4, 0.5) is 5.95 Å². The molecule has 0 bridgehead atoms. The molecule has 3 nitrogen and oxygen atoms in total. The predicted molar refractivity (Wildman–Crippen MR) is 66.4 cm³/mol. The molecule has 1 heterocycles. The number of aryl methyl sites for hydroxylation is 1. The topological polar surface area (TPSA) is 37.8 Å². The Morgan fingerprint density at radius 2 is 1.75 bits per heavy atom. The SMILES string of the molecule is Cc1cnc(NC2CCC(C)(C)CC2)nc1. The summed E-state index contributed by atoms with van der Waals surface area (Å²) in [7, 11) is 0. The molecule has 0 saturated heterocycles. The highest BCUT2D eigenvalue weighted by Crippen LogP contribution is 2.35. The lowest BCUT2D eigenvalue weighted by Gasteiger charge is -2.34. The van der Waals surface area contributed by atoms with E-state index in [0.29, 0.717) is 11.5 Å². The normalized spacial score (nSPS) is 20.7. The molecule has 1 aliphatic rings. The van der Waals surface area contributed by atoms with Crippen molar-refractivity contribution >= 4 is 5.95 Å². The van der Waals surface area contributed by atoms with Crippen molar-refractivity contribution in [1.29, 1.82) is 0 Å². The third kappa shape index (κ3) is 2.94. The minimum absolute atomic E-state index is 0.520. The molecular formula is C13H21N3. The van der Waals surface area contributed by atoms with E-state index in [-0.39, 0.29) is 0 Å². The summed E-state index contributed by atoms with van der Waals surface area (Å²) in [5.74, 6) is 0.773. The van der Waals surface area contributed by atoms with E-state index in [1.807, 2.05) is 19.3 Å². The fraction of sp³-hybridized carbons (Fsp3) is 0.692. The highest BCUT2D eigenvalue weighted by Gasteiger charge is 2.26. The van der Waals surface area contributed by atoms with Crippen molar-refractivity contribution in [2.45, 2.75) is 52.5 Å². The lowest BCUT2D eigenvalue weighted by molar-refractivity contribution is 0.232. The molecule has 0 atom stereocenters. The Kier molecular flexibility index (Phi) is 3.13. The molecule has 1 fully saturated rings. The van der Waals surface area contributed by atoms with Crippen molar-refractivity contribution in [2.24, 2.45) is 5.41 Å². The summed E-state index contributed by atoms with van der Waals surface area (Å²) in [6.45, 7) is 6.71. The second-order valence-electron chi connectivity index (χ2n) is 5.67. The van der Waals surface area contributed by atoms with Gasteiger partial charge >= 0.3 is 0 Å². The fourth-order valence-corrected chi connectivity index (χ4v) is 2.19. The predicted octanol–water partition coefficient (Wildman–Crippen LogP) is 3.17. The molecule has 0 radical (unpaired) electrons. The van der Waals surface area contributed by atoms with E-state index in [1.54, 1.807) is 0 Å². The van der Waals surface area contributed by atoms with E-state index in [0.717, 1.165) is 11.5 Å². The van der Waals surface area contributed by atoms with Crippen molar-refractivity contribution in [3.63, 3.8) is 0 Å². The highest BCUT2D eigenvalue weighted by atomic mass is 15.1. The number of hydrogen-bond donors (Lipinski definition) is 1. The van der Waals surface area contributed by atoms with Crippen LogP contribution in [0.3, 0.4) is 0 Å². The number of nitrogens with one attached hydrogen (secondary N) is 1. The van der Waals surface area contributed by atoms with E-state index in [4.69, 9.17) is 0 Å². The van der Waals surface area contributed by atoms with Gasteiger partial charge < -0.3 is 5.32 Å². The number of anilines is 1. The lowest BCUT2D eigenvalue weighted by Crippen LogP contribution is -2.30. The molecule has 0 unspecified atom stereocenters. The van der Waals surface area contributed by atoms with Gasteiger partial charge in [-0.15, -0.1) is 0 Å². The van der Waals surface area contributed by atoms with Crippen molar-refractivity contribution in [1.82, 2.24) is 9.97 Å². The maximum absolute atomic E-state index is 4.29. The summed E-state index contributed by atoms with van der Waals surface area (Å²) >= 11 is 0. The summed E-state index contributed by atoms with van der Waals surface area (Å²) in [4.78, 5) is 8.57. The van der Waals surface area contributed by atoms with Crippen LogP contribution >= 0.6 is 0 Å². The minimum atomic E-state index is 0.520. The van der Waals surface area contributed by atoms with Gasteiger partial charge in [0.05, 0.1) is 0 Å². The number of nitrogens with zero attached hydrogens (tertiary/aromatic N) is 2. The third-order valence-corrected chi connectivity index (χ3v) is 3.45. The second kappa shape index (κ2) is 4.40. The van der Waals surface area contributed by atoms with Gasteiger partial charge in [0.2, 0.25) is 5.95 Å². The molecule has 0 aliphatic heterocycles. The van der Waals surface area contributed by atoms with Crippen LogP contribution in [0.5, 0.6) is 0 Å². The van der Waals surface area contributed by atoms with Gasteiger partial charge in [0, 0.05) is 18.4 Å². The molecule has 0 aromatic carbocycles. The van der Waals surface area contributed by atoms with Gasteiger partial charge in [-0.25, -0.2) is 9.97 Å². The Morgan fingerprint density at radius 3 is 2.31 bits per heavy atom. The largest absolute Gasteiger partial charge is 0.351 e. The van der Waals surface area contributed by atoms with E-state index < -0.39 is 0 Å². The van der Waals surface area contributed by atoms with Gasteiger partial charge in [0.25, 0.3) is 0 Å². The van der Waals surface area contributed by atoms with Crippen LogP contribution in [0.2, 0.25) is 0 Å². The molecule has 0 spiro atoms. The summed E-state index contributed by atoms with van der Waals surface area (Å²) < 4.78 is 0. The lowest BCUT2D eigenvalue weighted by atomic mass is 9.76. The molecule has 1 N–H and O–H groups in total. The van der Waals surface area contributed by atoms with Gasteiger partial charge in [-0.1, -0.05) is 13.8 Å². The van der Waals surface area contributed by atoms with Gasteiger partial charge in [-0.2, -0.15) is 0 Å². The Labute approximate surface area is 97.7 Å². The van der Waals surface area contributed by atoms with Crippen molar-refractivity contribution in [3.8, 4) is 0 Å². The zero-order valence-corrected chi connectivity index (χ0v) is 10.5. The first-order valence-electron chi connectivity index (χ1n) is 6.10. The van der Waals surface area contributed by atoms with Crippen molar-refractivity contribution in [3.05, 3.63) is 18.0 Å². The number of rotatable bonds is 2. The molecular weight excluding hydrogens is 198 g/mol. The molecule has 1 aromatic rings. The van der Waals surface area contributed by atoms with Crippen LogP contribution in [0, 0.1) is 12.3 Å². The average Bonchev–Trinajstić information content (AvgIpc) is 2.24. The zero-order chi connectivity index (χ0) is 11.6. The van der Waals surface area contributed by atoms with Crippen LogP contribution in [0.25, 0.3) is 0 Å². The Hall–Kier alpha value is -1.12. The Balaban J connectivity index is 1.89. The monoisotopic (exact) mass is 219 g/mol. The number of hydrogen-bond acceptors (Lipinski definition) is 3. The van der Waals surface area contributed by atoms with Crippen LogP contribution in [-0.4, -0.2) is 16.0 Å². The van der Waals surface area contributed by atoms with Gasteiger partial charge in [-0.3, -0.25) is 0 Å². The first-order valence-corrected chi connectivity index (χ1v) is 6.10. The first kappa shape index (κ1) is 11.4. The quantitative estimate of drug-likeness (QED) is 0.830. The maximum atomic E-state index is 4.29. The van der Waals surface area contributed by atoms with Crippen LogP contribution in [0.15, 0.2) is 12.4 Å². The first-order chi connectivity index (χ1) is 7.55. The zero-order valence-electron chi connectivity index (χ0n) is 10.5. The van der Waals surface area contributed by atoms with Crippen LogP contribution in [-0.2, 0) is 0 Å². The molecule has 88 valence electrons.